The van der Waals surface area contributed by atoms with E-state index in [-0.39, 0.29) is 5.91 Å². The molecule has 0 aliphatic rings. The molecule has 0 unspecified atom stereocenters. The molecular formula is C18H14Cl2N4OS2. The second-order valence-corrected chi connectivity index (χ2v) is 8.93. The van der Waals surface area contributed by atoms with Crippen molar-refractivity contribution in [1.82, 2.24) is 14.5 Å². The molecule has 0 fully saturated rings. The molecule has 5 nitrogen and oxygen atoms in total. The highest BCUT2D eigenvalue weighted by molar-refractivity contribution is 7.22. The van der Waals surface area contributed by atoms with Crippen LogP contribution in [0.2, 0.25) is 9.36 Å². The summed E-state index contributed by atoms with van der Waals surface area (Å²) in [7, 11) is 0. The SMILES string of the molecule is O=C(c1ccc(Cl)s1)N(CCCn1ccnc1)c1nc2c(Cl)cccc2s1. The lowest BCUT2D eigenvalue weighted by Gasteiger charge is -2.19. The minimum atomic E-state index is -0.104. The number of aromatic nitrogens is 3. The van der Waals surface area contributed by atoms with E-state index in [4.69, 9.17) is 23.2 Å². The molecule has 0 spiro atoms. The number of carbonyl (C=O) groups excluding carboxylic acids is 1. The van der Waals surface area contributed by atoms with E-state index in [1.54, 1.807) is 35.6 Å². The van der Waals surface area contributed by atoms with Crippen molar-refractivity contribution in [3.63, 3.8) is 0 Å². The van der Waals surface area contributed by atoms with Crippen molar-refractivity contribution in [3.8, 4) is 0 Å². The third-order valence-corrected chi connectivity index (χ3v) is 6.54. The molecule has 0 saturated heterocycles. The number of para-hydroxylation sites is 1. The first kappa shape index (κ1) is 18.4. The number of hydrogen-bond acceptors (Lipinski definition) is 5. The number of anilines is 1. The van der Waals surface area contributed by atoms with Gasteiger partial charge < -0.3 is 4.57 Å². The van der Waals surface area contributed by atoms with Crippen molar-refractivity contribution in [2.75, 3.05) is 11.4 Å². The Kier molecular flexibility index (Phi) is 5.45. The second-order valence-electron chi connectivity index (χ2n) is 5.80. The Labute approximate surface area is 173 Å². The standard InChI is InChI=1S/C18H14Cl2N4OS2/c19-12-3-1-4-13-16(12)22-18(27-13)24(9-2-8-23-10-7-21-11-23)17(25)14-5-6-15(20)26-14/h1,3-7,10-11H,2,8-9H2. The van der Waals surface area contributed by atoms with Gasteiger partial charge in [0.25, 0.3) is 5.91 Å². The number of hydrogen-bond donors (Lipinski definition) is 0. The summed E-state index contributed by atoms with van der Waals surface area (Å²) < 4.78 is 3.53. The Morgan fingerprint density at radius 2 is 2.07 bits per heavy atom. The molecule has 1 aromatic carbocycles. The van der Waals surface area contributed by atoms with E-state index < -0.39 is 0 Å². The maximum Gasteiger partial charge on any atom is 0.270 e. The normalized spacial score (nSPS) is 11.2. The largest absolute Gasteiger partial charge is 0.337 e. The first-order valence-electron chi connectivity index (χ1n) is 8.20. The summed E-state index contributed by atoms with van der Waals surface area (Å²) in [4.78, 5) is 24.1. The number of imidazole rings is 1. The smallest absolute Gasteiger partial charge is 0.270 e. The Hall–Kier alpha value is -1.93. The highest BCUT2D eigenvalue weighted by Crippen LogP contribution is 2.34. The van der Waals surface area contributed by atoms with Crippen LogP contribution in [0.15, 0.2) is 49.1 Å². The van der Waals surface area contributed by atoms with E-state index in [0.29, 0.717) is 25.9 Å². The van der Waals surface area contributed by atoms with Crippen LogP contribution < -0.4 is 4.90 Å². The van der Waals surface area contributed by atoms with Crippen LogP contribution in [0, 0.1) is 0 Å². The summed E-state index contributed by atoms with van der Waals surface area (Å²) in [5.41, 5.74) is 0.718. The molecule has 3 heterocycles. The van der Waals surface area contributed by atoms with Gasteiger partial charge in [0.2, 0.25) is 0 Å². The van der Waals surface area contributed by atoms with Crippen LogP contribution in [0.5, 0.6) is 0 Å². The van der Waals surface area contributed by atoms with Gasteiger partial charge in [-0.3, -0.25) is 9.69 Å². The monoisotopic (exact) mass is 436 g/mol. The summed E-state index contributed by atoms with van der Waals surface area (Å²) in [6, 6.07) is 9.13. The van der Waals surface area contributed by atoms with E-state index in [2.05, 4.69) is 9.97 Å². The molecule has 4 aromatic rings. The number of amides is 1. The molecule has 27 heavy (non-hydrogen) atoms. The molecule has 1 amide bonds. The van der Waals surface area contributed by atoms with Crippen LogP contribution >= 0.6 is 45.9 Å². The first-order chi connectivity index (χ1) is 13.1. The zero-order chi connectivity index (χ0) is 18.8. The van der Waals surface area contributed by atoms with Crippen LogP contribution in [0.1, 0.15) is 16.1 Å². The number of carbonyl (C=O) groups is 1. The molecule has 0 radical (unpaired) electrons. The van der Waals surface area contributed by atoms with Crippen LogP contribution in [0.4, 0.5) is 5.13 Å². The van der Waals surface area contributed by atoms with Crippen LogP contribution in [0.3, 0.4) is 0 Å². The van der Waals surface area contributed by atoms with E-state index in [1.165, 1.54) is 22.7 Å². The third kappa shape index (κ3) is 4.01. The van der Waals surface area contributed by atoms with Gasteiger partial charge in [0.15, 0.2) is 5.13 Å². The van der Waals surface area contributed by atoms with E-state index >= 15 is 0 Å². The molecule has 4 rings (SSSR count). The van der Waals surface area contributed by atoms with Crippen molar-refractivity contribution in [2.24, 2.45) is 0 Å². The molecule has 0 bridgehead atoms. The van der Waals surface area contributed by atoms with Gasteiger partial charge in [-0.25, -0.2) is 9.97 Å². The molecular weight excluding hydrogens is 423 g/mol. The predicted octanol–water partition coefficient (Wildman–Crippen LogP) is 5.60. The lowest BCUT2D eigenvalue weighted by Crippen LogP contribution is -2.31. The molecule has 0 atom stereocenters. The summed E-state index contributed by atoms with van der Waals surface area (Å²) in [5, 5.41) is 1.22. The third-order valence-electron chi connectivity index (χ3n) is 3.98. The Bertz CT molecular complexity index is 1070. The highest BCUT2D eigenvalue weighted by atomic mass is 35.5. The van der Waals surface area contributed by atoms with E-state index in [9.17, 15) is 4.79 Å². The fourth-order valence-corrected chi connectivity index (χ4v) is 4.98. The number of thiophene rings is 1. The molecule has 0 N–H and O–H groups in total. The Balaban J connectivity index is 1.63. The van der Waals surface area contributed by atoms with Gasteiger partial charge in [0.05, 0.1) is 25.3 Å². The quantitative estimate of drug-likeness (QED) is 0.395. The minimum Gasteiger partial charge on any atom is -0.337 e. The number of fused-ring (bicyclic) bond motifs is 1. The van der Waals surface area contributed by atoms with Crippen molar-refractivity contribution in [1.29, 1.82) is 0 Å². The van der Waals surface area contributed by atoms with Gasteiger partial charge in [-0.15, -0.1) is 11.3 Å². The van der Waals surface area contributed by atoms with Crippen molar-refractivity contribution < 1.29 is 4.79 Å². The van der Waals surface area contributed by atoms with Gasteiger partial charge in [-0.2, -0.15) is 0 Å². The highest BCUT2D eigenvalue weighted by Gasteiger charge is 2.23. The van der Waals surface area contributed by atoms with Crippen LogP contribution in [-0.4, -0.2) is 27.0 Å². The van der Waals surface area contributed by atoms with Crippen LogP contribution in [-0.2, 0) is 6.54 Å². The Morgan fingerprint density at radius 3 is 2.78 bits per heavy atom. The van der Waals surface area contributed by atoms with Gasteiger partial charge >= 0.3 is 0 Å². The first-order valence-corrected chi connectivity index (χ1v) is 10.6. The van der Waals surface area contributed by atoms with E-state index in [1.807, 2.05) is 22.9 Å². The summed E-state index contributed by atoms with van der Waals surface area (Å²) in [5.74, 6) is -0.104. The fourth-order valence-electron chi connectivity index (χ4n) is 2.70. The molecule has 3 aromatic heterocycles. The summed E-state index contributed by atoms with van der Waals surface area (Å²) >= 11 is 15.0. The van der Waals surface area contributed by atoms with Gasteiger partial charge in [-0.1, -0.05) is 40.6 Å². The fraction of sp³-hybridized carbons (Fsp3) is 0.167. The van der Waals surface area contributed by atoms with Crippen LogP contribution in [0.25, 0.3) is 10.2 Å². The maximum absolute atomic E-state index is 13.1. The Morgan fingerprint density at radius 1 is 1.19 bits per heavy atom. The number of aryl methyl sites for hydroxylation is 1. The van der Waals surface area contributed by atoms with Crippen molar-refractivity contribution in [3.05, 3.63) is 63.3 Å². The zero-order valence-corrected chi connectivity index (χ0v) is 17.2. The lowest BCUT2D eigenvalue weighted by atomic mass is 10.3. The number of thiazole rings is 1. The lowest BCUT2D eigenvalue weighted by molar-refractivity contribution is 0.0990. The van der Waals surface area contributed by atoms with Gasteiger partial charge in [-0.05, 0) is 30.7 Å². The number of nitrogens with zero attached hydrogens (tertiary/aromatic N) is 4. The zero-order valence-electron chi connectivity index (χ0n) is 14.0. The molecule has 0 saturated carbocycles. The average Bonchev–Trinajstić information content (AvgIpc) is 3.39. The number of benzene rings is 1. The average molecular weight is 437 g/mol. The number of rotatable bonds is 6. The van der Waals surface area contributed by atoms with E-state index in [0.717, 1.165) is 23.2 Å². The van der Waals surface area contributed by atoms with Gasteiger partial charge in [0.1, 0.15) is 5.52 Å². The minimum absolute atomic E-state index is 0.104. The summed E-state index contributed by atoms with van der Waals surface area (Å²) in [6.45, 7) is 1.30. The van der Waals surface area contributed by atoms with Crippen molar-refractivity contribution in [2.45, 2.75) is 13.0 Å². The molecule has 138 valence electrons. The van der Waals surface area contributed by atoms with Crippen molar-refractivity contribution >= 4 is 67.1 Å². The number of halogens is 2. The molecule has 9 heteroatoms. The van der Waals surface area contributed by atoms with Gasteiger partial charge in [0, 0.05) is 25.5 Å². The second kappa shape index (κ2) is 7.98. The topological polar surface area (TPSA) is 51.0 Å². The predicted molar refractivity (Wildman–Crippen MR) is 112 cm³/mol. The summed E-state index contributed by atoms with van der Waals surface area (Å²) in [6.07, 6.45) is 6.18. The maximum atomic E-state index is 13.1. The molecule has 0 aliphatic heterocycles. The molecule has 0 aliphatic carbocycles.